The monoisotopic (exact) mass is 354 g/mol. The lowest BCUT2D eigenvalue weighted by atomic mass is 10.2. The van der Waals surface area contributed by atoms with Gasteiger partial charge in [0.05, 0.1) is 16.0 Å². The number of thioether (sulfide) groups is 1. The average molecular weight is 354 g/mol. The van der Waals surface area contributed by atoms with E-state index < -0.39 is 0 Å². The maximum Gasteiger partial charge on any atom is 0.234 e. The molecule has 0 aliphatic rings. The van der Waals surface area contributed by atoms with Gasteiger partial charge in [0, 0.05) is 5.69 Å². The molecule has 0 unspecified atom stereocenters. The molecule has 0 bridgehead atoms. The molecule has 1 N–H and O–H groups in total. The van der Waals surface area contributed by atoms with Crippen LogP contribution in [0.1, 0.15) is 5.56 Å². The standard InChI is InChI=1S/C17H14N4OS2/c1-11-6-8-12(9-7-11)18-15(22)10-23-16-19-20-17-21(16)13-4-2-3-5-14(13)24-17/h2-9H,10H2,1H3,(H,18,22). The van der Waals surface area contributed by atoms with E-state index in [-0.39, 0.29) is 5.91 Å². The summed E-state index contributed by atoms with van der Waals surface area (Å²) in [6, 6.07) is 15.9. The van der Waals surface area contributed by atoms with Crippen molar-refractivity contribution in [1.82, 2.24) is 14.6 Å². The zero-order valence-electron chi connectivity index (χ0n) is 12.9. The van der Waals surface area contributed by atoms with Crippen LogP contribution < -0.4 is 5.32 Å². The minimum atomic E-state index is -0.0554. The van der Waals surface area contributed by atoms with Crippen molar-refractivity contribution in [1.29, 1.82) is 0 Å². The van der Waals surface area contributed by atoms with Gasteiger partial charge >= 0.3 is 0 Å². The van der Waals surface area contributed by atoms with Crippen LogP contribution in [0.15, 0.2) is 53.7 Å². The second-order valence-corrected chi connectivity index (χ2v) is 7.32. The molecule has 4 aromatic rings. The molecule has 4 rings (SSSR count). The van der Waals surface area contributed by atoms with Gasteiger partial charge in [-0.15, -0.1) is 10.2 Å². The number of nitrogens with one attached hydrogen (secondary N) is 1. The van der Waals surface area contributed by atoms with E-state index in [0.717, 1.165) is 31.6 Å². The number of benzene rings is 2. The summed E-state index contributed by atoms with van der Waals surface area (Å²) in [4.78, 5) is 13.0. The first-order valence-corrected chi connectivity index (χ1v) is 9.23. The summed E-state index contributed by atoms with van der Waals surface area (Å²) in [5, 5.41) is 12.0. The molecule has 2 aromatic heterocycles. The van der Waals surface area contributed by atoms with Gasteiger partial charge in [0.2, 0.25) is 10.9 Å². The van der Waals surface area contributed by atoms with Crippen LogP contribution in [0.2, 0.25) is 0 Å². The average Bonchev–Trinajstić information content (AvgIpc) is 3.14. The number of fused-ring (bicyclic) bond motifs is 3. The summed E-state index contributed by atoms with van der Waals surface area (Å²) in [6.07, 6.45) is 0. The molecule has 1 amide bonds. The van der Waals surface area contributed by atoms with Gasteiger partial charge in [-0.05, 0) is 31.2 Å². The number of carbonyl (C=O) groups is 1. The highest BCUT2D eigenvalue weighted by Crippen LogP contribution is 2.29. The molecule has 7 heteroatoms. The Labute approximate surface area is 146 Å². The van der Waals surface area contributed by atoms with Crippen molar-refractivity contribution in [2.75, 3.05) is 11.1 Å². The molecule has 2 heterocycles. The summed E-state index contributed by atoms with van der Waals surface area (Å²) in [5.74, 6) is 0.235. The van der Waals surface area contributed by atoms with E-state index in [0.29, 0.717) is 5.75 Å². The van der Waals surface area contributed by atoms with Gasteiger partial charge in [-0.1, -0.05) is 52.9 Å². The van der Waals surface area contributed by atoms with Gasteiger partial charge in [-0.3, -0.25) is 9.20 Å². The third-order valence-electron chi connectivity index (χ3n) is 3.58. The van der Waals surface area contributed by atoms with Crippen LogP contribution in [0, 0.1) is 6.92 Å². The maximum absolute atomic E-state index is 12.1. The van der Waals surface area contributed by atoms with E-state index in [1.807, 2.05) is 53.8 Å². The lowest BCUT2D eigenvalue weighted by Crippen LogP contribution is -2.14. The molecule has 0 fully saturated rings. The SMILES string of the molecule is Cc1ccc(NC(=O)CSc2nnc3sc4ccccc4n23)cc1. The van der Waals surface area contributed by atoms with Crippen LogP contribution in [-0.2, 0) is 4.79 Å². The number of aryl methyl sites for hydroxylation is 1. The third-order valence-corrected chi connectivity index (χ3v) is 5.52. The lowest BCUT2D eigenvalue weighted by Gasteiger charge is -2.04. The minimum absolute atomic E-state index is 0.0554. The van der Waals surface area contributed by atoms with Crippen molar-refractivity contribution in [2.24, 2.45) is 0 Å². The fourth-order valence-electron chi connectivity index (χ4n) is 2.41. The molecule has 0 aliphatic heterocycles. The molecule has 5 nitrogen and oxygen atoms in total. The summed E-state index contributed by atoms with van der Waals surface area (Å²) in [5.41, 5.74) is 3.04. The molecular formula is C17H14N4OS2. The minimum Gasteiger partial charge on any atom is -0.325 e. The highest BCUT2D eigenvalue weighted by Gasteiger charge is 2.14. The highest BCUT2D eigenvalue weighted by atomic mass is 32.2. The zero-order chi connectivity index (χ0) is 16.5. The molecule has 0 saturated carbocycles. The van der Waals surface area contributed by atoms with Crippen molar-refractivity contribution in [2.45, 2.75) is 12.1 Å². The Balaban J connectivity index is 1.50. The summed E-state index contributed by atoms with van der Waals surface area (Å²) in [6.45, 7) is 2.02. The van der Waals surface area contributed by atoms with E-state index >= 15 is 0 Å². The molecule has 2 aromatic carbocycles. The topological polar surface area (TPSA) is 59.3 Å². The number of para-hydroxylation sites is 1. The molecule has 24 heavy (non-hydrogen) atoms. The molecule has 0 atom stereocenters. The quantitative estimate of drug-likeness (QED) is 0.563. The van der Waals surface area contributed by atoms with Gasteiger partial charge in [0.15, 0.2) is 5.16 Å². The van der Waals surface area contributed by atoms with E-state index in [1.54, 1.807) is 11.3 Å². The Kier molecular flexibility index (Phi) is 3.95. The number of nitrogens with zero attached hydrogens (tertiary/aromatic N) is 3. The molecule has 0 radical (unpaired) electrons. The van der Waals surface area contributed by atoms with Gasteiger partial charge in [0.25, 0.3) is 0 Å². The predicted octanol–water partition coefficient (Wildman–Crippen LogP) is 3.98. The zero-order valence-corrected chi connectivity index (χ0v) is 14.5. The number of aromatic nitrogens is 3. The molecule has 0 aliphatic carbocycles. The predicted molar refractivity (Wildman–Crippen MR) is 98.9 cm³/mol. The van der Waals surface area contributed by atoms with Crippen molar-refractivity contribution < 1.29 is 4.79 Å². The number of carbonyl (C=O) groups excluding carboxylic acids is 1. The van der Waals surface area contributed by atoms with Crippen LogP contribution in [0.3, 0.4) is 0 Å². The van der Waals surface area contributed by atoms with Crippen LogP contribution in [0.25, 0.3) is 15.2 Å². The van der Waals surface area contributed by atoms with Crippen LogP contribution >= 0.6 is 23.1 Å². The normalized spacial score (nSPS) is 11.2. The second-order valence-electron chi connectivity index (χ2n) is 5.37. The van der Waals surface area contributed by atoms with Crippen molar-refractivity contribution >= 4 is 49.9 Å². The Hall–Kier alpha value is -2.38. The lowest BCUT2D eigenvalue weighted by molar-refractivity contribution is -0.113. The van der Waals surface area contributed by atoms with Crippen LogP contribution in [0.5, 0.6) is 0 Å². The Morgan fingerprint density at radius 3 is 2.79 bits per heavy atom. The van der Waals surface area contributed by atoms with E-state index in [1.165, 1.54) is 11.8 Å². The molecule has 0 spiro atoms. The van der Waals surface area contributed by atoms with Gasteiger partial charge in [-0.25, -0.2) is 0 Å². The second kappa shape index (κ2) is 6.26. The smallest absolute Gasteiger partial charge is 0.234 e. The largest absolute Gasteiger partial charge is 0.325 e. The number of amides is 1. The number of hydrogen-bond donors (Lipinski definition) is 1. The van der Waals surface area contributed by atoms with Gasteiger partial charge in [-0.2, -0.15) is 0 Å². The Morgan fingerprint density at radius 1 is 1.17 bits per heavy atom. The van der Waals surface area contributed by atoms with Gasteiger partial charge in [0.1, 0.15) is 0 Å². The number of anilines is 1. The maximum atomic E-state index is 12.1. The summed E-state index contributed by atoms with van der Waals surface area (Å²) >= 11 is 2.99. The summed E-state index contributed by atoms with van der Waals surface area (Å²) < 4.78 is 3.16. The molecule has 120 valence electrons. The first kappa shape index (κ1) is 15.2. The van der Waals surface area contributed by atoms with Crippen LogP contribution in [0.4, 0.5) is 5.69 Å². The Morgan fingerprint density at radius 2 is 1.96 bits per heavy atom. The molecule has 0 saturated heterocycles. The number of rotatable bonds is 4. The van der Waals surface area contributed by atoms with Crippen molar-refractivity contribution in [3.8, 4) is 0 Å². The fraction of sp³-hybridized carbons (Fsp3) is 0.118. The fourth-order valence-corrected chi connectivity index (χ4v) is 4.18. The van der Waals surface area contributed by atoms with Crippen molar-refractivity contribution in [3.63, 3.8) is 0 Å². The third kappa shape index (κ3) is 2.88. The summed E-state index contributed by atoms with van der Waals surface area (Å²) in [7, 11) is 0. The Bertz CT molecular complexity index is 1020. The van der Waals surface area contributed by atoms with Crippen LogP contribution in [-0.4, -0.2) is 26.3 Å². The van der Waals surface area contributed by atoms with E-state index in [4.69, 9.17) is 0 Å². The van der Waals surface area contributed by atoms with Gasteiger partial charge < -0.3 is 5.32 Å². The first-order chi connectivity index (χ1) is 11.7. The number of hydrogen-bond acceptors (Lipinski definition) is 5. The number of thiazole rings is 1. The van der Waals surface area contributed by atoms with E-state index in [9.17, 15) is 4.79 Å². The van der Waals surface area contributed by atoms with E-state index in [2.05, 4.69) is 21.6 Å². The van der Waals surface area contributed by atoms with Crippen molar-refractivity contribution in [3.05, 3.63) is 54.1 Å². The molecular weight excluding hydrogens is 340 g/mol. The first-order valence-electron chi connectivity index (χ1n) is 7.43. The highest BCUT2D eigenvalue weighted by molar-refractivity contribution is 7.99.